The first-order valence-corrected chi connectivity index (χ1v) is 7.93. The number of likely N-dealkylation sites (tertiary alicyclic amines) is 1. The Kier molecular flexibility index (Phi) is 4.45. The van der Waals surface area contributed by atoms with Gasteiger partial charge in [-0.05, 0) is 43.4 Å². The normalized spacial score (nSPS) is 26.9. The monoisotopic (exact) mass is 310 g/mol. The number of fused-ring (bicyclic) bond motifs is 1. The highest BCUT2D eigenvalue weighted by atomic mass is 35.5. The lowest BCUT2D eigenvalue weighted by atomic mass is 9.82. The standard InChI is InChI=1S/C16H20ClFN2O/c17-14-2-1-3-15(18)13(14)10-20-7-5-11-8-16(21)19-6-4-12(11)9-20/h1-3,11-12H,4-10H2,(H,19,21). The van der Waals surface area contributed by atoms with Gasteiger partial charge in [-0.15, -0.1) is 0 Å². The Morgan fingerprint density at radius 3 is 3.00 bits per heavy atom. The van der Waals surface area contributed by atoms with Gasteiger partial charge in [-0.2, -0.15) is 0 Å². The minimum Gasteiger partial charge on any atom is -0.356 e. The first-order chi connectivity index (χ1) is 10.1. The van der Waals surface area contributed by atoms with E-state index in [9.17, 15) is 9.18 Å². The van der Waals surface area contributed by atoms with E-state index in [1.807, 2.05) is 0 Å². The fourth-order valence-electron chi connectivity index (χ4n) is 3.51. The van der Waals surface area contributed by atoms with E-state index in [1.165, 1.54) is 6.07 Å². The highest BCUT2D eigenvalue weighted by Crippen LogP contribution is 2.32. The number of hydrogen-bond acceptors (Lipinski definition) is 2. The molecule has 0 aromatic heterocycles. The van der Waals surface area contributed by atoms with Crippen LogP contribution in [0.1, 0.15) is 24.8 Å². The molecule has 0 spiro atoms. The molecule has 2 aliphatic rings. The third-order valence-corrected chi connectivity index (χ3v) is 5.06. The minimum atomic E-state index is -0.234. The summed E-state index contributed by atoms with van der Waals surface area (Å²) in [4.78, 5) is 13.9. The molecule has 3 nitrogen and oxygen atoms in total. The SMILES string of the molecule is O=C1CC2CCN(Cc3c(F)cccc3Cl)CC2CCN1. The van der Waals surface area contributed by atoms with Crippen LogP contribution in [0.4, 0.5) is 4.39 Å². The van der Waals surface area contributed by atoms with Gasteiger partial charge in [0.1, 0.15) is 5.82 Å². The predicted octanol–water partition coefficient (Wildman–Crippen LogP) is 2.83. The summed E-state index contributed by atoms with van der Waals surface area (Å²) in [6.07, 6.45) is 2.65. The topological polar surface area (TPSA) is 32.3 Å². The van der Waals surface area contributed by atoms with Crippen LogP contribution in [0.25, 0.3) is 0 Å². The van der Waals surface area contributed by atoms with Gasteiger partial charge in [0.25, 0.3) is 0 Å². The quantitative estimate of drug-likeness (QED) is 0.911. The van der Waals surface area contributed by atoms with E-state index >= 15 is 0 Å². The van der Waals surface area contributed by atoms with Crippen molar-refractivity contribution in [2.24, 2.45) is 11.8 Å². The van der Waals surface area contributed by atoms with Crippen LogP contribution in [0.5, 0.6) is 0 Å². The highest BCUT2D eigenvalue weighted by molar-refractivity contribution is 6.31. The second-order valence-corrected chi connectivity index (χ2v) is 6.49. The summed E-state index contributed by atoms with van der Waals surface area (Å²) < 4.78 is 13.9. The molecule has 2 fully saturated rings. The average Bonchev–Trinajstić information content (AvgIpc) is 2.63. The third kappa shape index (κ3) is 3.38. The van der Waals surface area contributed by atoms with Gasteiger partial charge < -0.3 is 5.32 Å². The van der Waals surface area contributed by atoms with E-state index in [1.54, 1.807) is 12.1 Å². The number of benzene rings is 1. The largest absolute Gasteiger partial charge is 0.356 e. The van der Waals surface area contributed by atoms with Crippen molar-refractivity contribution >= 4 is 17.5 Å². The number of nitrogens with one attached hydrogen (secondary N) is 1. The van der Waals surface area contributed by atoms with E-state index in [0.29, 0.717) is 35.4 Å². The molecule has 114 valence electrons. The summed E-state index contributed by atoms with van der Waals surface area (Å²) in [6, 6.07) is 4.83. The van der Waals surface area contributed by atoms with Crippen molar-refractivity contribution in [3.05, 3.63) is 34.6 Å². The van der Waals surface area contributed by atoms with Gasteiger partial charge in [0, 0.05) is 36.6 Å². The molecule has 0 bridgehead atoms. The molecule has 1 aromatic rings. The van der Waals surface area contributed by atoms with Crippen LogP contribution in [0.3, 0.4) is 0 Å². The predicted molar refractivity (Wildman–Crippen MR) is 80.5 cm³/mol. The molecule has 2 heterocycles. The summed E-state index contributed by atoms with van der Waals surface area (Å²) in [7, 11) is 0. The number of carbonyl (C=O) groups excluding carboxylic acids is 1. The number of rotatable bonds is 2. The van der Waals surface area contributed by atoms with E-state index in [2.05, 4.69) is 10.2 Å². The maximum Gasteiger partial charge on any atom is 0.220 e. The van der Waals surface area contributed by atoms with Crippen LogP contribution >= 0.6 is 11.6 Å². The molecule has 5 heteroatoms. The third-order valence-electron chi connectivity index (χ3n) is 4.70. The van der Waals surface area contributed by atoms with E-state index < -0.39 is 0 Å². The maximum atomic E-state index is 13.9. The zero-order valence-electron chi connectivity index (χ0n) is 11.9. The van der Waals surface area contributed by atoms with Crippen LogP contribution in [0.2, 0.25) is 5.02 Å². The van der Waals surface area contributed by atoms with Crippen molar-refractivity contribution in [2.45, 2.75) is 25.8 Å². The lowest BCUT2D eigenvalue weighted by Gasteiger charge is -2.37. The number of hydrogen-bond donors (Lipinski definition) is 1. The van der Waals surface area contributed by atoms with E-state index in [4.69, 9.17) is 11.6 Å². The lowest BCUT2D eigenvalue weighted by molar-refractivity contribution is -0.121. The Morgan fingerprint density at radius 1 is 1.33 bits per heavy atom. The molecule has 2 aliphatic heterocycles. The van der Waals surface area contributed by atoms with Gasteiger partial charge in [0.2, 0.25) is 5.91 Å². The van der Waals surface area contributed by atoms with Gasteiger partial charge >= 0.3 is 0 Å². The number of carbonyl (C=O) groups is 1. The zero-order valence-corrected chi connectivity index (χ0v) is 12.7. The number of halogens is 2. The van der Waals surface area contributed by atoms with Gasteiger partial charge in [-0.1, -0.05) is 17.7 Å². The first kappa shape index (κ1) is 14.8. The maximum absolute atomic E-state index is 13.9. The Hall–Kier alpha value is -1.13. The molecule has 1 N–H and O–H groups in total. The Balaban J connectivity index is 1.67. The van der Waals surface area contributed by atoms with Crippen molar-refractivity contribution < 1.29 is 9.18 Å². The molecule has 1 amide bonds. The Morgan fingerprint density at radius 2 is 2.19 bits per heavy atom. The summed E-state index contributed by atoms with van der Waals surface area (Å²) in [5.74, 6) is 0.929. The number of nitrogens with zero attached hydrogens (tertiary/aromatic N) is 1. The summed E-state index contributed by atoms with van der Waals surface area (Å²) >= 11 is 6.11. The van der Waals surface area contributed by atoms with Crippen molar-refractivity contribution in [2.75, 3.05) is 19.6 Å². The number of piperidine rings is 1. The molecule has 1 aromatic carbocycles. The molecule has 3 rings (SSSR count). The van der Waals surface area contributed by atoms with Crippen LogP contribution in [-0.2, 0) is 11.3 Å². The van der Waals surface area contributed by atoms with Gasteiger partial charge in [-0.3, -0.25) is 9.69 Å². The molecule has 2 atom stereocenters. The second-order valence-electron chi connectivity index (χ2n) is 6.09. The molecule has 0 saturated carbocycles. The molecule has 0 radical (unpaired) electrons. The number of amides is 1. The van der Waals surface area contributed by atoms with Crippen molar-refractivity contribution in [3.8, 4) is 0 Å². The summed E-state index contributed by atoms with van der Waals surface area (Å²) in [6.45, 7) is 3.13. The molecule has 2 saturated heterocycles. The smallest absolute Gasteiger partial charge is 0.220 e. The zero-order chi connectivity index (χ0) is 14.8. The fourth-order valence-corrected chi connectivity index (χ4v) is 3.73. The average molecular weight is 311 g/mol. The van der Waals surface area contributed by atoms with E-state index in [0.717, 1.165) is 32.5 Å². The minimum absolute atomic E-state index is 0.174. The Bertz CT molecular complexity index is 517. The lowest BCUT2D eigenvalue weighted by Crippen LogP contribution is -2.40. The van der Waals surface area contributed by atoms with Gasteiger partial charge in [-0.25, -0.2) is 4.39 Å². The van der Waals surface area contributed by atoms with Crippen molar-refractivity contribution in [1.29, 1.82) is 0 Å². The Labute approximate surface area is 129 Å². The van der Waals surface area contributed by atoms with Crippen LogP contribution in [0.15, 0.2) is 18.2 Å². The molecule has 0 aliphatic carbocycles. The summed E-state index contributed by atoms with van der Waals surface area (Å²) in [5.41, 5.74) is 0.584. The van der Waals surface area contributed by atoms with Crippen LogP contribution in [0, 0.1) is 17.7 Å². The summed E-state index contributed by atoms with van der Waals surface area (Å²) in [5, 5.41) is 3.44. The van der Waals surface area contributed by atoms with Crippen LogP contribution in [-0.4, -0.2) is 30.4 Å². The van der Waals surface area contributed by atoms with Crippen LogP contribution < -0.4 is 5.32 Å². The van der Waals surface area contributed by atoms with Gasteiger partial charge in [0.05, 0.1) is 0 Å². The van der Waals surface area contributed by atoms with Gasteiger partial charge in [0.15, 0.2) is 0 Å². The first-order valence-electron chi connectivity index (χ1n) is 7.55. The molecular formula is C16H20ClFN2O. The van der Waals surface area contributed by atoms with Crippen molar-refractivity contribution in [1.82, 2.24) is 10.2 Å². The van der Waals surface area contributed by atoms with Crippen molar-refractivity contribution in [3.63, 3.8) is 0 Å². The highest BCUT2D eigenvalue weighted by Gasteiger charge is 2.32. The molecule has 2 unspecified atom stereocenters. The fraction of sp³-hybridized carbons (Fsp3) is 0.562. The molecule has 21 heavy (non-hydrogen) atoms. The molecular weight excluding hydrogens is 291 g/mol. The van der Waals surface area contributed by atoms with E-state index in [-0.39, 0.29) is 11.7 Å². The second kappa shape index (κ2) is 6.32.